The molecule has 0 radical (unpaired) electrons. The molecule has 5 rings (SSSR count). The smallest absolute Gasteiger partial charge is 0.242 e. The lowest BCUT2D eigenvalue weighted by atomic mass is 10.2. The maximum absolute atomic E-state index is 13.3. The van der Waals surface area contributed by atoms with Crippen LogP contribution in [0.3, 0.4) is 0 Å². The summed E-state index contributed by atoms with van der Waals surface area (Å²) in [5.41, 5.74) is 4.36. The fourth-order valence-corrected chi connectivity index (χ4v) is 4.61. The largest absolute Gasteiger partial charge is 0.324 e. The van der Waals surface area contributed by atoms with Gasteiger partial charge >= 0.3 is 0 Å². The van der Waals surface area contributed by atoms with Gasteiger partial charge in [0.25, 0.3) is 0 Å². The summed E-state index contributed by atoms with van der Waals surface area (Å²) in [7, 11) is 0. The van der Waals surface area contributed by atoms with Crippen molar-refractivity contribution in [2.75, 3.05) is 10.7 Å². The molecule has 0 unspecified atom stereocenters. The van der Waals surface area contributed by atoms with Gasteiger partial charge in [0.15, 0.2) is 5.65 Å². The standard InChI is InChI=1S/C26H23N5OS/c1-2-17-30-22-16-10-9-15-21(22)24-25(30)27-26(29-28-24)33-18-23(32)31(19-11-5-3-6-12-19)20-13-7-4-8-14-20/h3-16H,2,17-18H2,1H3. The molecule has 3 aromatic carbocycles. The molecule has 0 bridgehead atoms. The summed E-state index contributed by atoms with van der Waals surface area (Å²) in [4.78, 5) is 19.8. The van der Waals surface area contributed by atoms with Gasteiger partial charge in [-0.15, -0.1) is 10.2 Å². The van der Waals surface area contributed by atoms with Crippen LogP contribution in [0, 0.1) is 0 Å². The Morgan fingerprint density at radius 2 is 1.52 bits per heavy atom. The molecule has 164 valence electrons. The molecular formula is C26H23N5OS. The van der Waals surface area contributed by atoms with Crippen LogP contribution >= 0.6 is 11.8 Å². The van der Waals surface area contributed by atoms with E-state index in [-0.39, 0.29) is 11.7 Å². The van der Waals surface area contributed by atoms with E-state index in [4.69, 9.17) is 4.98 Å². The second kappa shape index (κ2) is 9.42. The minimum atomic E-state index is -0.0461. The monoisotopic (exact) mass is 453 g/mol. The van der Waals surface area contributed by atoms with Gasteiger partial charge in [-0.05, 0) is 36.8 Å². The van der Waals surface area contributed by atoms with Gasteiger partial charge in [0.2, 0.25) is 11.1 Å². The molecule has 6 nitrogen and oxygen atoms in total. The first kappa shape index (κ1) is 21.2. The summed E-state index contributed by atoms with van der Waals surface area (Å²) >= 11 is 1.31. The number of fused-ring (bicyclic) bond motifs is 3. The van der Waals surface area contributed by atoms with E-state index in [9.17, 15) is 4.79 Å². The van der Waals surface area contributed by atoms with Gasteiger partial charge in [-0.25, -0.2) is 4.98 Å². The second-order valence-corrected chi connectivity index (χ2v) is 8.57. The summed E-state index contributed by atoms with van der Waals surface area (Å²) in [5, 5.41) is 10.3. The van der Waals surface area contributed by atoms with Crippen LogP contribution in [0.15, 0.2) is 90.1 Å². The molecule has 0 N–H and O–H groups in total. The van der Waals surface area contributed by atoms with Crippen molar-refractivity contribution in [2.24, 2.45) is 0 Å². The topological polar surface area (TPSA) is 63.9 Å². The van der Waals surface area contributed by atoms with E-state index in [0.717, 1.165) is 46.4 Å². The molecule has 0 aliphatic rings. The number of nitrogens with zero attached hydrogens (tertiary/aromatic N) is 5. The normalized spacial score (nSPS) is 11.2. The number of hydrogen-bond acceptors (Lipinski definition) is 5. The number of para-hydroxylation sites is 3. The fraction of sp³-hybridized carbons (Fsp3) is 0.154. The van der Waals surface area contributed by atoms with E-state index in [1.54, 1.807) is 4.90 Å². The summed E-state index contributed by atoms with van der Waals surface area (Å²) in [6.07, 6.45) is 0.988. The Morgan fingerprint density at radius 3 is 2.18 bits per heavy atom. The SMILES string of the molecule is CCCn1c2ccccc2c2nnc(SCC(=O)N(c3ccccc3)c3ccccc3)nc21. The Balaban J connectivity index is 1.44. The van der Waals surface area contributed by atoms with E-state index in [1.807, 2.05) is 78.9 Å². The van der Waals surface area contributed by atoms with Crippen molar-refractivity contribution in [2.45, 2.75) is 25.0 Å². The van der Waals surface area contributed by atoms with Crippen LogP contribution in [0.5, 0.6) is 0 Å². The first-order chi connectivity index (χ1) is 16.3. The number of carbonyl (C=O) groups is 1. The Morgan fingerprint density at radius 1 is 0.879 bits per heavy atom. The van der Waals surface area contributed by atoms with Crippen molar-refractivity contribution in [1.82, 2.24) is 19.7 Å². The van der Waals surface area contributed by atoms with E-state index in [1.165, 1.54) is 11.8 Å². The average molecular weight is 454 g/mol. The molecule has 33 heavy (non-hydrogen) atoms. The van der Waals surface area contributed by atoms with Crippen molar-refractivity contribution >= 4 is 51.1 Å². The zero-order valence-electron chi connectivity index (χ0n) is 18.3. The first-order valence-corrected chi connectivity index (χ1v) is 11.9. The zero-order valence-corrected chi connectivity index (χ0v) is 19.1. The zero-order chi connectivity index (χ0) is 22.6. The van der Waals surface area contributed by atoms with E-state index in [0.29, 0.717) is 5.16 Å². The summed E-state index contributed by atoms with van der Waals surface area (Å²) in [5.74, 6) is 0.153. The van der Waals surface area contributed by atoms with Crippen molar-refractivity contribution < 1.29 is 4.79 Å². The van der Waals surface area contributed by atoms with Crippen LogP contribution in [0.2, 0.25) is 0 Å². The summed E-state index contributed by atoms with van der Waals surface area (Å²) in [6.45, 7) is 2.99. The van der Waals surface area contributed by atoms with Crippen LogP contribution in [0.4, 0.5) is 11.4 Å². The molecule has 0 saturated carbocycles. The molecule has 1 amide bonds. The van der Waals surface area contributed by atoms with Crippen LogP contribution in [0.1, 0.15) is 13.3 Å². The molecule has 0 fully saturated rings. The van der Waals surface area contributed by atoms with Gasteiger partial charge in [-0.2, -0.15) is 0 Å². The van der Waals surface area contributed by atoms with Crippen LogP contribution in [-0.2, 0) is 11.3 Å². The number of benzene rings is 3. The molecule has 0 aliphatic heterocycles. The number of thioether (sulfide) groups is 1. The van der Waals surface area contributed by atoms with E-state index >= 15 is 0 Å². The highest BCUT2D eigenvalue weighted by molar-refractivity contribution is 7.99. The predicted octanol–water partition coefficient (Wildman–Crippen LogP) is 5.85. The van der Waals surface area contributed by atoms with Gasteiger partial charge in [-0.3, -0.25) is 9.69 Å². The second-order valence-electron chi connectivity index (χ2n) is 7.62. The lowest BCUT2D eigenvalue weighted by Crippen LogP contribution is -2.27. The maximum atomic E-state index is 13.3. The number of carbonyl (C=O) groups excluding carboxylic acids is 1. The van der Waals surface area contributed by atoms with E-state index < -0.39 is 0 Å². The lowest BCUT2D eigenvalue weighted by molar-refractivity contribution is -0.115. The van der Waals surface area contributed by atoms with Crippen LogP contribution in [0.25, 0.3) is 22.1 Å². The van der Waals surface area contributed by atoms with Crippen molar-refractivity contribution in [1.29, 1.82) is 0 Å². The summed E-state index contributed by atoms with van der Waals surface area (Å²) in [6, 6.07) is 27.5. The minimum absolute atomic E-state index is 0.0461. The number of hydrogen-bond donors (Lipinski definition) is 0. The van der Waals surface area contributed by atoms with Crippen molar-refractivity contribution in [3.63, 3.8) is 0 Å². The number of rotatable bonds is 7. The predicted molar refractivity (Wildman–Crippen MR) is 134 cm³/mol. The van der Waals surface area contributed by atoms with Gasteiger partial charge < -0.3 is 4.57 Å². The highest BCUT2D eigenvalue weighted by atomic mass is 32.2. The van der Waals surface area contributed by atoms with E-state index in [2.05, 4.69) is 27.8 Å². The molecule has 0 atom stereocenters. The Kier molecular flexibility index (Phi) is 6.04. The van der Waals surface area contributed by atoms with Gasteiger partial charge in [-0.1, -0.05) is 73.3 Å². The molecule has 0 saturated heterocycles. The molecule has 0 aliphatic carbocycles. The summed E-state index contributed by atoms with van der Waals surface area (Å²) < 4.78 is 2.19. The maximum Gasteiger partial charge on any atom is 0.242 e. The third-order valence-electron chi connectivity index (χ3n) is 5.40. The van der Waals surface area contributed by atoms with Gasteiger partial charge in [0, 0.05) is 23.3 Å². The third-order valence-corrected chi connectivity index (χ3v) is 6.23. The fourth-order valence-electron chi connectivity index (χ4n) is 3.98. The van der Waals surface area contributed by atoms with Crippen molar-refractivity contribution in [3.8, 4) is 0 Å². The van der Waals surface area contributed by atoms with Gasteiger partial charge in [0.05, 0.1) is 11.3 Å². The third kappa shape index (κ3) is 4.19. The molecule has 2 heterocycles. The Labute approximate surface area is 196 Å². The van der Waals surface area contributed by atoms with Crippen molar-refractivity contribution in [3.05, 3.63) is 84.9 Å². The highest BCUT2D eigenvalue weighted by Crippen LogP contribution is 2.29. The average Bonchev–Trinajstić information content (AvgIpc) is 3.17. The first-order valence-electron chi connectivity index (χ1n) is 10.9. The molecule has 0 spiro atoms. The Hall–Kier alpha value is -3.71. The molecule has 5 aromatic rings. The Bertz CT molecular complexity index is 1360. The molecule has 7 heteroatoms. The van der Waals surface area contributed by atoms with Crippen LogP contribution in [-0.4, -0.2) is 31.4 Å². The van der Waals surface area contributed by atoms with Gasteiger partial charge in [0.1, 0.15) is 5.52 Å². The lowest BCUT2D eigenvalue weighted by Gasteiger charge is -2.22. The number of aromatic nitrogens is 4. The molecule has 2 aromatic heterocycles. The molecular weight excluding hydrogens is 430 g/mol. The number of anilines is 2. The number of amides is 1. The number of aryl methyl sites for hydroxylation is 1. The quantitative estimate of drug-likeness (QED) is 0.289. The minimum Gasteiger partial charge on any atom is -0.324 e. The van der Waals surface area contributed by atoms with Crippen LogP contribution < -0.4 is 4.90 Å². The highest BCUT2D eigenvalue weighted by Gasteiger charge is 2.20.